The third-order valence-electron chi connectivity index (χ3n) is 15.9. The Morgan fingerprint density at radius 3 is 1.17 bits per heavy atom. The van der Waals surface area contributed by atoms with Crippen molar-refractivity contribution in [1.29, 1.82) is 15.8 Å². The number of halogens is 3. The minimum atomic E-state index is 0.0125. The van der Waals surface area contributed by atoms with Crippen LogP contribution in [0, 0.1) is 51.7 Å². The molecule has 0 aliphatic heterocycles. The number of carbonyl (C=O) groups is 3. The van der Waals surface area contributed by atoms with E-state index in [1.54, 1.807) is 79.4 Å². The number of aromatic nitrogens is 4. The predicted octanol–water partition coefficient (Wildman–Crippen LogP) is 17.2. The number of rotatable bonds is 18. The molecule has 2 heterocycles. The van der Waals surface area contributed by atoms with Gasteiger partial charge in [0.1, 0.15) is 41.2 Å². The molecule has 84 heavy (non-hydrogen) atoms. The summed E-state index contributed by atoms with van der Waals surface area (Å²) in [5, 5.41) is 28.1. The first-order valence-electron chi connectivity index (χ1n) is 29.3. The molecule has 16 heteroatoms. The van der Waals surface area contributed by atoms with Crippen LogP contribution in [0.5, 0.6) is 17.2 Å². The van der Waals surface area contributed by atoms with Crippen molar-refractivity contribution >= 4 is 52.2 Å². The van der Waals surface area contributed by atoms with Crippen LogP contribution in [-0.2, 0) is 0 Å². The Morgan fingerprint density at radius 2 is 0.833 bits per heavy atom. The van der Waals surface area contributed by atoms with Crippen LogP contribution in [0.1, 0.15) is 221 Å². The highest BCUT2D eigenvalue weighted by molar-refractivity contribution is 6.32. The molecule has 3 saturated carbocycles. The fourth-order valence-corrected chi connectivity index (χ4v) is 11.3. The summed E-state index contributed by atoms with van der Waals surface area (Å²) < 4.78 is 18.0. The number of hydrogen-bond acceptors (Lipinski definition) is 13. The second kappa shape index (κ2) is 31.6. The van der Waals surface area contributed by atoms with Crippen LogP contribution in [0.15, 0.2) is 104 Å². The molecule has 0 spiro atoms. The first-order chi connectivity index (χ1) is 40.4. The number of nitrogens with zero attached hydrogens (tertiary/aromatic N) is 7. The normalized spacial score (nSPS) is 19.2. The molecular weight excluding hydrogens is 1120 g/mol. The van der Waals surface area contributed by atoms with Gasteiger partial charge in [0, 0.05) is 61.6 Å². The van der Waals surface area contributed by atoms with Crippen molar-refractivity contribution in [3.63, 3.8) is 0 Å². The van der Waals surface area contributed by atoms with E-state index in [1.165, 1.54) is 5.56 Å². The summed E-state index contributed by atoms with van der Waals surface area (Å²) in [5.41, 5.74) is 5.81. The lowest BCUT2D eigenvalue weighted by Crippen LogP contribution is -2.25. The number of ether oxygens (including phenoxy) is 3. The molecule has 0 N–H and O–H groups in total. The minimum absolute atomic E-state index is 0.0125. The van der Waals surface area contributed by atoms with Crippen LogP contribution in [0.25, 0.3) is 0 Å². The molecule has 3 aliphatic rings. The molecule has 4 aromatic carbocycles. The lowest BCUT2D eigenvalue weighted by Gasteiger charge is -2.28. The zero-order valence-electron chi connectivity index (χ0n) is 48.8. The van der Waals surface area contributed by atoms with E-state index in [0.717, 1.165) is 93.9 Å². The van der Waals surface area contributed by atoms with Crippen molar-refractivity contribution in [3.8, 4) is 35.5 Å². The molecule has 0 unspecified atom stereocenters. The van der Waals surface area contributed by atoms with E-state index in [1.807, 2.05) is 24.3 Å². The van der Waals surface area contributed by atoms with Gasteiger partial charge in [-0.25, -0.2) is 15.0 Å². The standard InChI is InChI=1S/C24H26ClNO2.2C22H24ClN3O2/c1-16(2)18-5-7-19(8-6-18)24(27)13-17-3-10-21(11-4-17)28-22-12-9-20(15-26)23(25)14-22;1-14(2)17-12-25-22(26-13-17)21(27)9-15-3-6-18(7-4-15)28-19-8-5-16(11-24)20(23)10-19;1-14(2)20-12-26-21(13-25-20)22(27)9-15-3-6-17(7-4-15)28-18-8-5-16(11-24)19(23)10-18/h5-9,12,14,16-17,21H,3-4,10-11,13H2,1-2H3;5,8,10,12-15,18H,3-4,6-7,9H2,1-2H3;5,8,10,12-15,17H,3-4,6-7,9H2,1-2H3. The van der Waals surface area contributed by atoms with E-state index in [2.05, 4.69) is 79.7 Å². The fraction of sp³-hybridized carbons (Fsp3) is 0.441. The maximum Gasteiger partial charge on any atom is 0.200 e. The van der Waals surface area contributed by atoms with E-state index in [0.29, 0.717) is 115 Å². The van der Waals surface area contributed by atoms with Crippen LogP contribution in [0.2, 0.25) is 15.1 Å². The molecule has 0 saturated heterocycles. The van der Waals surface area contributed by atoms with Gasteiger partial charge in [-0.3, -0.25) is 19.4 Å². The topological polar surface area (TPSA) is 202 Å². The summed E-state index contributed by atoms with van der Waals surface area (Å²) in [6.45, 7) is 12.6. The summed E-state index contributed by atoms with van der Waals surface area (Å²) >= 11 is 18.2. The molecule has 6 aromatic rings. The number of benzene rings is 4. The average Bonchev–Trinajstić information content (AvgIpc) is 3.60. The Balaban J connectivity index is 0.000000181. The second-order valence-electron chi connectivity index (χ2n) is 23.2. The van der Waals surface area contributed by atoms with Crippen molar-refractivity contribution in [2.75, 3.05) is 0 Å². The van der Waals surface area contributed by atoms with Gasteiger partial charge < -0.3 is 14.2 Å². The molecule has 2 aromatic heterocycles. The summed E-state index contributed by atoms with van der Waals surface area (Å²) in [6.07, 6.45) is 19.9. The van der Waals surface area contributed by atoms with Crippen molar-refractivity contribution in [3.05, 3.63) is 169 Å². The highest BCUT2D eigenvalue weighted by Crippen LogP contribution is 2.35. The molecule has 3 aliphatic carbocycles. The van der Waals surface area contributed by atoms with Gasteiger partial charge in [0.2, 0.25) is 0 Å². The van der Waals surface area contributed by atoms with Crippen molar-refractivity contribution < 1.29 is 28.6 Å². The van der Waals surface area contributed by atoms with Crippen molar-refractivity contribution in [1.82, 2.24) is 19.9 Å². The van der Waals surface area contributed by atoms with E-state index in [9.17, 15) is 14.4 Å². The number of Topliss-reactive ketones (excluding diaryl/α,β-unsaturated/α-hetero) is 3. The maximum atomic E-state index is 12.6. The minimum Gasteiger partial charge on any atom is -0.490 e. The van der Waals surface area contributed by atoms with E-state index in [-0.39, 0.29) is 35.7 Å². The first kappa shape index (κ1) is 64.4. The third kappa shape index (κ3) is 19.2. The van der Waals surface area contributed by atoms with Gasteiger partial charge >= 0.3 is 0 Å². The van der Waals surface area contributed by atoms with Gasteiger partial charge in [-0.15, -0.1) is 0 Å². The molecule has 438 valence electrons. The number of nitriles is 3. The van der Waals surface area contributed by atoms with Gasteiger partial charge in [0.05, 0.1) is 62.0 Å². The monoisotopic (exact) mass is 1190 g/mol. The Labute approximate surface area is 510 Å². The Hall–Kier alpha value is -7.21. The fourth-order valence-electron chi connectivity index (χ4n) is 10.6. The Bertz CT molecular complexity index is 2940. The number of ketones is 3. The highest BCUT2D eigenvalue weighted by Gasteiger charge is 2.28. The third-order valence-corrected chi connectivity index (χ3v) is 16.9. The summed E-state index contributed by atoms with van der Waals surface area (Å²) in [6, 6.07) is 29.6. The van der Waals surface area contributed by atoms with Gasteiger partial charge in [-0.05, 0) is 160 Å². The van der Waals surface area contributed by atoms with Gasteiger partial charge in [-0.1, -0.05) is 101 Å². The van der Waals surface area contributed by atoms with Gasteiger partial charge in [0.15, 0.2) is 23.2 Å². The largest absolute Gasteiger partial charge is 0.490 e. The zero-order chi connectivity index (χ0) is 60.3. The summed E-state index contributed by atoms with van der Waals surface area (Å²) in [4.78, 5) is 54.6. The van der Waals surface area contributed by atoms with Crippen LogP contribution in [-0.4, -0.2) is 55.6 Å². The summed E-state index contributed by atoms with van der Waals surface area (Å²) in [7, 11) is 0. The SMILES string of the molecule is CC(C)c1ccc(C(=O)CC2CCC(Oc3ccc(C#N)c(Cl)c3)CC2)cc1.CC(C)c1cnc(C(=O)CC2CCC(Oc3ccc(C#N)c(Cl)c3)CC2)cn1.CC(C)c1cnc(C(=O)CC2CCC(Oc3ccc(C#N)c(Cl)c3)CC2)nc1. The summed E-state index contributed by atoms with van der Waals surface area (Å²) in [5.74, 6) is 4.93. The molecule has 0 bridgehead atoms. The lowest BCUT2D eigenvalue weighted by molar-refractivity contribution is 0.0889. The molecule has 9 rings (SSSR count). The zero-order valence-corrected chi connectivity index (χ0v) is 51.1. The quantitative estimate of drug-likeness (QED) is 0.0736. The van der Waals surface area contributed by atoms with Crippen LogP contribution < -0.4 is 14.2 Å². The van der Waals surface area contributed by atoms with E-state index in [4.69, 9.17) is 64.8 Å². The molecule has 13 nitrogen and oxygen atoms in total. The molecule has 0 amide bonds. The van der Waals surface area contributed by atoms with Crippen molar-refractivity contribution in [2.45, 2.75) is 174 Å². The first-order valence-corrected chi connectivity index (χ1v) is 30.4. The van der Waals surface area contributed by atoms with Gasteiger partial charge in [0.25, 0.3) is 0 Å². The highest BCUT2D eigenvalue weighted by atomic mass is 35.5. The molecule has 3 fully saturated rings. The molecule has 0 radical (unpaired) electrons. The van der Waals surface area contributed by atoms with E-state index < -0.39 is 0 Å². The van der Waals surface area contributed by atoms with Crippen molar-refractivity contribution in [2.24, 2.45) is 17.8 Å². The lowest BCUT2D eigenvalue weighted by atomic mass is 9.83. The smallest absolute Gasteiger partial charge is 0.200 e. The molecule has 0 atom stereocenters. The number of hydrogen-bond donors (Lipinski definition) is 0. The maximum absolute atomic E-state index is 12.6. The second-order valence-corrected chi connectivity index (χ2v) is 24.4. The average molecular weight is 1190 g/mol. The number of carbonyl (C=O) groups excluding carboxylic acids is 3. The Kier molecular flexibility index (Phi) is 24.2. The van der Waals surface area contributed by atoms with Crippen LogP contribution in [0.3, 0.4) is 0 Å². The predicted molar refractivity (Wildman–Crippen MR) is 327 cm³/mol. The van der Waals surface area contributed by atoms with Gasteiger partial charge in [-0.2, -0.15) is 15.8 Å². The Morgan fingerprint density at radius 1 is 0.452 bits per heavy atom. The van der Waals surface area contributed by atoms with Crippen LogP contribution in [0.4, 0.5) is 0 Å². The van der Waals surface area contributed by atoms with Crippen LogP contribution >= 0.6 is 34.8 Å². The molecular formula is C68H74Cl3N7O6. The van der Waals surface area contributed by atoms with E-state index >= 15 is 0 Å².